The summed E-state index contributed by atoms with van der Waals surface area (Å²) in [5.41, 5.74) is 9.10. The number of urea groups is 1. The van der Waals surface area contributed by atoms with E-state index < -0.39 is 60.7 Å². The molecule has 13 nitrogen and oxygen atoms in total. The Labute approximate surface area is 240 Å². The highest BCUT2D eigenvalue weighted by atomic mass is 16.6. The summed E-state index contributed by atoms with van der Waals surface area (Å²) in [6.07, 6.45) is -1.14. The van der Waals surface area contributed by atoms with Gasteiger partial charge in [0.1, 0.15) is 12.2 Å². The fourth-order valence-corrected chi connectivity index (χ4v) is 4.58. The number of hydrogen-bond donors (Lipinski definition) is 2. The van der Waals surface area contributed by atoms with Crippen molar-refractivity contribution in [1.29, 1.82) is 0 Å². The second-order valence-electron chi connectivity index (χ2n) is 9.71. The van der Waals surface area contributed by atoms with Crippen molar-refractivity contribution in [2.24, 2.45) is 11.5 Å². The van der Waals surface area contributed by atoms with Crippen LogP contribution in [0.25, 0.3) is 0 Å². The molecule has 1 saturated heterocycles. The first-order chi connectivity index (χ1) is 19.6. The minimum Gasteiger partial charge on any atom is -0.442 e. The fraction of sp³-hybridized carbons (Fsp3) is 0.607. The van der Waals surface area contributed by atoms with E-state index in [9.17, 15) is 24.0 Å². The van der Waals surface area contributed by atoms with Crippen molar-refractivity contribution in [2.45, 2.75) is 70.5 Å². The van der Waals surface area contributed by atoms with Crippen molar-refractivity contribution in [3.63, 3.8) is 0 Å². The number of amides is 6. The maximum absolute atomic E-state index is 14.1. The van der Waals surface area contributed by atoms with Gasteiger partial charge in [0, 0.05) is 13.2 Å². The van der Waals surface area contributed by atoms with Crippen LogP contribution in [0.2, 0.25) is 0 Å². The van der Waals surface area contributed by atoms with E-state index >= 15 is 0 Å². The number of carbonyl (C=O) groups is 5. The molecule has 1 heterocycles. The topological polar surface area (TPSA) is 181 Å². The summed E-state index contributed by atoms with van der Waals surface area (Å²) >= 11 is 0. The molecule has 13 heteroatoms. The number of rotatable bonds is 18. The second-order valence-corrected chi connectivity index (χ2v) is 9.71. The number of ether oxygens (including phenoxy) is 4. The number of primary amides is 2. The van der Waals surface area contributed by atoms with Crippen LogP contribution < -0.4 is 11.5 Å². The van der Waals surface area contributed by atoms with Crippen LogP contribution in [0.3, 0.4) is 0 Å². The SMILES string of the molecule is CCCCOC[C@@H](CN1C(=O)N(C[C@H](COCCCC)OC(N)=O)C(=O)C(CC)(c2ccccc2)C1=O)OC(N)=O. The molecule has 1 aliphatic rings. The standard InChI is InChI=1S/C28H42N4O9/c1-4-7-14-38-18-21(40-25(29)35)16-31-23(33)28(6-3,20-12-10-9-11-13-20)24(34)32(27(31)37)17-22(41-26(30)36)19-39-15-8-5-2/h9-13,21-22H,4-8,14-19H2,1-3H3,(H2,29,35)(H2,30,36)/t21-,22-/m1/s1. The zero-order chi connectivity index (χ0) is 30.4. The van der Waals surface area contributed by atoms with E-state index in [1.165, 1.54) is 0 Å². The average Bonchev–Trinajstić information content (AvgIpc) is 2.94. The van der Waals surface area contributed by atoms with Crippen LogP contribution in [-0.4, -0.2) is 91.6 Å². The highest BCUT2D eigenvalue weighted by Gasteiger charge is 2.58. The number of benzene rings is 1. The third-order valence-electron chi connectivity index (χ3n) is 6.71. The summed E-state index contributed by atoms with van der Waals surface area (Å²) in [6.45, 7) is 5.27. The van der Waals surface area contributed by atoms with Gasteiger partial charge in [0.15, 0.2) is 5.41 Å². The number of carbonyl (C=O) groups excluding carboxylic acids is 5. The van der Waals surface area contributed by atoms with E-state index in [0.29, 0.717) is 18.8 Å². The minimum atomic E-state index is -1.78. The average molecular weight is 579 g/mol. The summed E-state index contributed by atoms with van der Waals surface area (Å²) < 4.78 is 21.5. The van der Waals surface area contributed by atoms with E-state index in [1.54, 1.807) is 37.3 Å². The zero-order valence-electron chi connectivity index (χ0n) is 24.0. The van der Waals surface area contributed by atoms with Crippen LogP contribution in [0.1, 0.15) is 58.4 Å². The molecule has 6 amide bonds. The van der Waals surface area contributed by atoms with E-state index in [0.717, 1.165) is 35.5 Å². The van der Waals surface area contributed by atoms with Crippen LogP contribution in [0.5, 0.6) is 0 Å². The van der Waals surface area contributed by atoms with Crippen molar-refractivity contribution in [1.82, 2.24) is 9.80 Å². The summed E-state index contributed by atoms with van der Waals surface area (Å²) in [4.78, 5) is 66.9. The molecule has 0 spiro atoms. The molecular weight excluding hydrogens is 536 g/mol. The summed E-state index contributed by atoms with van der Waals surface area (Å²) in [5.74, 6) is -1.56. The Morgan fingerprint density at radius 1 is 0.780 bits per heavy atom. The van der Waals surface area contributed by atoms with Gasteiger partial charge in [0.25, 0.3) is 11.8 Å². The Morgan fingerprint density at radius 2 is 1.22 bits per heavy atom. The monoisotopic (exact) mass is 578 g/mol. The lowest BCUT2D eigenvalue weighted by Gasteiger charge is -2.45. The maximum Gasteiger partial charge on any atom is 0.404 e. The molecular formula is C28H42N4O9. The molecule has 0 saturated carbocycles. The van der Waals surface area contributed by atoms with Gasteiger partial charge in [-0.2, -0.15) is 0 Å². The quantitative estimate of drug-likeness (QED) is 0.195. The number of unbranched alkanes of at least 4 members (excludes halogenated alkanes) is 2. The Morgan fingerprint density at radius 3 is 1.59 bits per heavy atom. The first-order valence-corrected chi connectivity index (χ1v) is 13.9. The van der Waals surface area contributed by atoms with Gasteiger partial charge in [-0.25, -0.2) is 14.4 Å². The first kappa shape index (κ1) is 33.5. The van der Waals surface area contributed by atoms with Gasteiger partial charge in [-0.3, -0.25) is 19.4 Å². The molecule has 4 N–H and O–H groups in total. The van der Waals surface area contributed by atoms with Crippen LogP contribution in [0, 0.1) is 0 Å². The van der Waals surface area contributed by atoms with Gasteiger partial charge in [0.2, 0.25) is 0 Å². The van der Waals surface area contributed by atoms with E-state index in [1.807, 2.05) is 13.8 Å². The van der Waals surface area contributed by atoms with Crippen molar-refractivity contribution < 1.29 is 42.9 Å². The lowest BCUT2D eigenvalue weighted by molar-refractivity contribution is -0.155. The Balaban J connectivity index is 2.49. The predicted octanol–water partition coefficient (Wildman–Crippen LogP) is 2.69. The maximum atomic E-state index is 14.1. The number of hydrogen-bond acceptors (Lipinski definition) is 9. The molecule has 0 radical (unpaired) electrons. The smallest absolute Gasteiger partial charge is 0.404 e. The highest BCUT2D eigenvalue weighted by molar-refractivity contribution is 6.22. The minimum absolute atomic E-state index is 0.0116. The second kappa shape index (κ2) is 16.5. The van der Waals surface area contributed by atoms with Gasteiger partial charge < -0.3 is 30.4 Å². The lowest BCUT2D eigenvalue weighted by Crippen LogP contribution is -2.69. The molecule has 228 valence electrons. The molecule has 0 aromatic heterocycles. The van der Waals surface area contributed by atoms with Crippen molar-refractivity contribution in [3.8, 4) is 0 Å². The first-order valence-electron chi connectivity index (χ1n) is 13.9. The van der Waals surface area contributed by atoms with E-state index in [4.69, 9.17) is 30.4 Å². The third kappa shape index (κ3) is 8.89. The number of nitrogens with two attached hydrogens (primary N) is 2. The molecule has 1 fully saturated rings. The van der Waals surface area contributed by atoms with Crippen molar-refractivity contribution >= 4 is 30.0 Å². The lowest BCUT2D eigenvalue weighted by atomic mass is 9.74. The Hall–Kier alpha value is -3.71. The number of imide groups is 2. The highest BCUT2D eigenvalue weighted by Crippen LogP contribution is 2.37. The summed E-state index contributed by atoms with van der Waals surface area (Å²) in [5, 5.41) is 0. The van der Waals surface area contributed by atoms with Crippen molar-refractivity contribution in [3.05, 3.63) is 35.9 Å². The molecule has 0 unspecified atom stereocenters. The van der Waals surface area contributed by atoms with Gasteiger partial charge in [-0.1, -0.05) is 63.9 Å². The van der Waals surface area contributed by atoms with E-state index in [-0.39, 0.29) is 19.6 Å². The van der Waals surface area contributed by atoms with Gasteiger partial charge in [-0.05, 0) is 24.8 Å². The normalized spacial score (nSPS) is 16.4. The number of nitrogens with zero attached hydrogens (tertiary/aromatic N) is 2. The van der Waals surface area contributed by atoms with Crippen LogP contribution in [0.4, 0.5) is 14.4 Å². The molecule has 0 bridgehead atoms. The molecule has 1 aromatic rings. The van der Waals surface area contributed by atoms with Gasteiger partial charge >= 0.3 is 18.2 Å². The van der Waals surface area contributed by atoms with Crippen LogP contribution in [-0.2, 0) is 34.0 Å². The van der Waals surface area contributed by atoms with Crippen LogP contribution in [0.15, 0.2) is 30.3 Å². The fourth-order valence-electron chi connectivity index (χ4n) is 4.58. The van der Waals surface area contributed by atoms with Gasteiger partial charge in [-0.15, -0.1) is 0 Å². The molecule has 41 heavy (non-hydrogen) atoms. The molecule has 2 rings (SSSR count). The molecule has 1 aliphatic heterocycles. The molecule has 1 aromatic carbocycles. The number of barbiturate groups is 1. The zero-order valence-corrected chi connectivity index (χ0v) is 24.0. The van der Waals surface area contributed by atoms with Crippen LogP contribution >= 0.6 is 0 Å². The Kier molecular flexibility index (Phi) is 13.5. The third-order valence-corrected chi connectivity index (χ3v) is 6.71. The summed E-state index contributed by atoms with van der Waals surface area (Å²) in [6, 6.07) is 7.38. The molecule has 0 aliphatic carbocycles. The largest absolute Gasteiger partial charge is 0.442 e. The summed E-state index contributed by atoms with van der Waals surface area (Å²) in [7, 11) is 0. The van der Waals surface area contributed by atoms with Gasteiger partial charge in [0.05, 0.1) is 26.3 Å². The Bertz CT molecular complexity index is 981. The molecule has 2 atom stereocenters. The predicted molar refractivity (Wildman–Crippen MR) is 148 cm³/mol. The van der Waals surface area contributed by atoms with E-state index in [2.05, 4.69) is 0 Å². The van der Waals surface area contributed by atoms with Crippen molar-refractivity contribution in [2.75, 3.05) is 39.5 Å².